The van der Waals surface area contributed by atoms with Gasteiger partial charge in [-0.2, -0.15) is 0 Å². The molecule has 1 aromatic carbocycles. The zero-order valence-electron chi connectivity index (χ0n) is 16.1. The fourth-order valence-electron chi connectivity index (χ4n) is 3.31. The van der Waals surface area contributed by atoms with Crippen LogP contribution in [0.1, 0.15) is 29.9 Å². The Morgan fingerprint density at radius 2 is 2.17 bits per heavy atom. The SMILES string of the molecule is C=CCn1c(SCc2ccc(Cl)c(Cl)c2)nc2c3c(sc2c1=O)CC(C)(C)OC3. The molecule has 0 unspecified atom stereocenters. The van der Waals surface area contributed by atoms with Crippen molar-refractivity contribution in [2.45, 2.75) is 49.9 Å². The summed E-state index contributed by atoms with van der Waals surface area (Å²) in [6.07, 6.45) is 2.51. The molecule has 0 aliphatic carbocycles. The smallest absolute Gasteiger partial charge is 0.272 e. The number of ether oxygens (including phenoxy) is 1. The average molecular weight is 467 g/mol. The monoisotopic (exact) mass is 466 g/mol. The highest BCUT2D eigenvalue weighted by atomic mass is 35.5. The fourth-order valence-corrected chi connectivity index (χ4v) is 5.98. The molecule has 152 valence electrons. The molecule has 1 aliphatic rings. The molecule has 8 heteroatoms. The molecule has 29 heavy (non-hydrogen) atoms. The second kappa shape index (κ2) is 8.08. The van der Waals surface area contributed by atoms with Gasteiger partial charge in [-0.05, 0) is 31.5 Å². The lowest BCUT2D eigenvalue weighted by Gasteiger charge is -2.29. The first-order chi connectivity index (χ1) is 13.8. The predicted octanol–water partition coefficient (Wildman–Crippen LogP) is 6.09. The first-order valence-corrected chi connectivity index (χ1v) is 11.7. The van der Waals surface area contributed by atoms with Crippen molar-refractivity contribution in [3.8, 4) is 0 Å². The Bertz CT molecular complexity index is 1170. The molecule has 0 spiro atoms. The van der Waals surface area contributed by atoms with E-state index < -0.39 is 0 Å². The van der Waals surface area contributed by atoms with Crippen molar-refractivity contribution in [3.05, 3.63) is 67.3 Å². The van der Waals surface area contributed by atoms with Gasteiger partial charge in [0.25, 0.3) is 5.56 Å². The van der Waals surface area contributed by atoms with E-state index in [2.05, 4.69) is 20.4 Å². The summed E-state index contributed by atoms with van der Waals surface area (Å²) in [7, 11) is 0. The summed E-state index contributed by atoms with van der Waals surface area (Å²) in [5.41, 5.74) is 2.58. The Morgan fingerprint density at radius 1 is 1.38 bits per heavy atom. The highest BCUT2D eigenvalue weighted by Gasteiger charge is 2.30. The third-order valence-corrected chi connectivity index (χ3v) is 7.79. The van der Waals surface area contributed by atoms with Gasteiger partial charge >= 0.3 is 0 Å². The highest BCUT2D eigenvalue weighted by molar-refractivity contribution is 7.98. The fraction of sp³-hybridized carbons (Fsp3) is 0.333. The summed E-state index contributed by atoms with van der Waals surface area (Å²) in [4.78, 5) is 19.3. The maximum Gasteiger partial charge on any atom is 0.272 e. The van der Waals surface area contributed by atoms with Gasteiger partial charge in [0.05, 0.1) is 27.8 Å². The van der Waals surface area contributed by atoms with Crippen LogP contribution in [0.15, 0.2) is 40.8 Å². The third-order valence-electron chi connectivity index (χ3n) is 4.80. The molecule has 0 N–H and O–H groups in total. The minimum absolute atomic E-state index is 0.0243. The van der Waals surface area contributed by atoms with E-state index in [9.17, 15) is 4.79 Å². The number of nitrogens with zero attached hydrogens (tertiary/aromatic N) is 2. The molecule has 3 aromatic rings. The number of halogens is 2. The van der Waals surface area contributed by atoms with Crippen LogP contribution < -0.4 is 5.56 Å². The van der Waals surface area contributed by atoms with Crippen molar-refractivity contribution >= 4 is 56.5 Å². The predicted molar refractivity (Wildman–Crippen MR) is 123 cm³/mol. The van der Waals surface area contributed by atoms with E-state index in [0.717, 1.165) is 23.1 Å². The van der Waals surface area contributed by atoms with Crippen LogP contribution in [-0.2, 0) is 30.1 Å². The van der Waals surface area contributed by atoms with Crippen molar-refractivity contribution in [1.29, 1.82) is 0 Å². The van der Waals surface area contributed by atoms with Crippen LogP contribution in [0.25, 0.3) is 10.2 Å². The number of aromatic nitrogens is 2. The summed E-state index contributed by atoms with van der Waals surface area (Å²) >= 11 is 15.2. The maximum atomic E-state index is 13.2. The van der Waals surface area contributed by atoms with Gasteiger partial charge in [0.1, 0.15) is 4.70 Å². The quantitative estimate of drug-likeness (QED) is 0.259. The lowest BCUT2D eigenvalue weighted by molar-refractivity contribution is -0.0383. The zero-order valence-corrected chi connectivity index (χ0v) is 19.3. The Hall–Kier alpha value is -1.31. The van der Waals surface area contributed by atoms with Crippen LogP contribution in [0.2, 0.25) is 10.0 Å². The van der Waals surface area contributed by atoms with Crippen LogP contribution in [0.5, 0.6) is 0 Å². The van der Waals surface area contributed by atoms with Crippen LogP contribution >= 0.6 is 46.3 Å². The first kappa shape index (κ1) is 20.9. The minimum atomic E-state index is -0.223. The zero-order chi connectivity index (χ0) is 20.8. The molecule has 2 aromatic heterocycles. The van der Waals surface area contributed by atoms with Crippen LogP contribution in [0.4, 0.5) is 0 Å². The van der Waals surface area contributed by atoms with Crippen molar-refractivity contribution in [2.75, 3.05) is 0 Å². The van der Waals surface area contributed by atoms with Crippen molar-refractivity contribution in [2.24, 2.45) is 0 Å². The minimum Gasteiger partial charge on any atom is -0.370 e. The largest absolute Gasteiger partial charge is 0.370 e. The van der Waals surface area contributed by atoms with Gasteiger partial charge in [-0.15, -0.1) is 17.9 Å². The third kappa shape index (κ3) is 4.14. The van der Waals surface area contributed by atoms with Gasteiger partial charge in [-0.1, -0.05) is 47.1 Å². The summed E-state index contributed by atoms with van der Waals surface area (Å²) in [5.74, 6) is 0.627. The molecular formula is C21H20Cl2N2O2S2. The van der Waals surface area contributed by atoms with E-state index >= 15 is 0 Å². The molecule has 0 bridgehead atoms. The first-order valence-electron chi connectivity index (χ1n) is 9.16. The standard InChI is InChI=1S/C21H20Cl2N2O2S2/c1-4-7-25-19(26)18-17(13-10-27-21(2,3)9-16(13)29-18)24-20(25)28-11-12-5-6-14(22)15(23)8-12/h4-6,8H,1,7,9-11H2,2-3H3. The summed E-state index contributed by atoms with van der Waals surface area (Å²) in [6, 6.07) is 5.55. The van der Waals surface area contributed by atoms with E-state index in [0.29, 0.717) is 38.8 Å². The highest BCUT2D eigenvalue weighted by Crippen LogP contribution is 2.38. The van der Waals surface area contributed by atoms with Gasteiger partial charge in [-0.25, -0.2) is 4.98 Å². The molecule has 0 atom stereocenters. The molecule has 1 aliphatic heterocycles. The van der Waals surface area contributed by atoms with E-state index in [1.54, 1.807) is 28.0 Å². The Morgan fingerprint density at radius 3 is 2.90 bits per heavy atom. The normalized spacial score (nSPS) is 15.4. The molecular weight excluding hydrogens is 447 g/mol. The number of thioether (sulfide) groups is 1. The van der Waals surface area contributed by atoms with Crippen molar-refractivity contribution < 1.29 is 4.74 Å². The Labute approximate surface area is 187 Å². The van der Waals surface area contributed by atoms with Crippen LogP contribution in [-0.4, -0.2) is 15.2 Å². The van der Waals surface area contributed by atoms with Crippen molar-refractivity contribution in [3.63, 3.8) is 0 Å². The topological polar surface area (TPSA) is 44.1 Å². The van der Waals surface area contributed by atoms with Gasteiger partial charge < -0.3 is 4.74 Å². The van der Waals surface area contributed by atoms with Crippen LogP contribution in [0, 0.1) is 0 Å². The second-order valence-electron chi connectivity index (χ2n) is 7.54. The number of hydrogen-bond donors (Lipinski definition) is 0. The summed E-state index contributed by atoms with van der Waals surface area (Å²) in [6.45, 7) is 8.84. The maximum absolute atomic E-state index is 13.2. The molecule has 0 radical (unpaired) electrons. The molecule has 3 heterocycles. The van der Waals surface area contributed by atoms with Crippen molar-refractivity contribution in [1.82, 2.24) is 9.55 Å². The molecule has 0 saturated heterocycles. The molecule has 4 rings (SSSR count). The van der Waals surface area contributed by atoms with Crippen LogP contribution in [0.3, 0.4) is 0 Å². The molecule has 0 saturated carbocycles. The Kier molecular flexibility index (Phi) is 5.84. The average Bonchev–Trinajstić information content (AvgIpc) is 3.02. The number of thiophene rings is 1. The van der Waals surface area contributed by atoms with Gasteiger partial charge in [0.2, 0.25) is 0 Å². The van der Waals surface area contributed by atoms with E-state index in [1.807, 2.05) is 12.1 Å². The number of hydrogen-bond acceptors (Lipinski definition) is 5. The molecule has 4 nitrogen and oxygen atoms in total. The molecule has 0 fully saturated rings. The lowest BCUT2D eigenvalue weighted by Crippen LogP contribution is -2.30. The Balaban J connectivity index is 1.76. The van der Waals surface area contributed by atoms with E-state index in [-0.39, 0.29) is 11.2 Å². The lowest BCUT2D eigenvalue weighted by atomic mass is 9.98. The number of benzene rings is 1. The van der Waals surface area contributed by atoms with Gasteiger partial charge in [-0.3, -0.25) is 9.36 Å². The van der Waals surface area contributed by atoms with E-state index in [1.165, 1.54) is 16.6 Å². The second-order valence-corrected chi connectivity index (χ2v) is 10.4. The molecule has 0 amide bonds. The number of rotatable bonds is 5. The summed E-state index contributed by atoms with van der Waals surface area (Å²) in [5, 5.41) is 1.71. The van der Waals surface area contributed by atoms with Gasteiger partial charge in [0, 0.05) is 29.2 Å². The number of allylic oxidation sites excluding steroid dienone is 1. The van der Waals surface area contributed by atoms with Gasteiger partial charge in [0.15, 0.2) is 5.16 Å². The number of fused-ring (bicyclic) bond motifs is 3. The van der Waals surface area contributed by atoms with E-state index in [4.69, 9.17) is 32.9 Å². The summed E-state index contributed by atoms with van der Waals surface area (Å²) < 4.78 is 8.35.